The monoisotopic (exact) mass is 173 g/mol. The van der Waals surface area contributed by atoms with Crippen LogP contribution in [0.5, 0.6) is 0 Å². The fourth-order valence-corrected chi connectivity index (χ4v) is 0.737. The Kier molecular flexibility index (Phi) is 4.66. The molecule has 2 amide bonds. The molecule has 0 aromatic rings. The maximum atomic E-state index is 10.2. The predicted octanol–water partition coefficient (Wildman–Crippen LogP) is 0.290. The van der Waals surface area contributed by atoms with Crippen LogP contribution in [0.15, 0.2) is 0 Å². The van der Waals surface area contributed by atoms with E-state index >= 15 is 0 Å². The molecule has 4 nitrogen and oxygen atoms in total. The van der Waals surface area contributed by atoms with E-state index in [1.807, 2.05) is 0 Å². The van der Waals surface area contributed by atoms with Gasteiger partial charge < -0.3 is 16.4 Å². The number of nitrogens with two attached hydrogens (primary N) is 1. The average molecular weight is 173 g/mol. The Morgan fingerprint density at radius 2 is 1.92 bits per heavy atom. The van der Waals surface area contributed by atoms with Crippen LogP contribution in [0.2, 0.25) is 0 Å². The summed E-state index contributed by atoms with van der Waals surface area (Å²) < 4.78 is 0. The summed E-state index contributed by atoms with van der Waals surface area (Å²) in [4.78, 5) is 10.2. The summed E-state index contributed by atoms with van der Waals surface area (Å²) in [5, 5.41) is 5.72. The number of carbonyl (C=O) groups is 1. The molecule has 0 aliphatic heterocycles. The van der Waals surface area contributed by atoms with E-state index in [0.29, 0.717) is 6.54 Å². The second kappa shape index (κ2) is 4.98. The van der Waals surface area contributed by atoms with E-state index in [-0.39, 0.29) is 5.41 Å². The Morgan fingerprint density at radius 3 is 2.33 bits per heavy atom. The average Bonchev–Trinajstić information content (AvgIpc) is 1.83. The normalized spacial score (nSPS) is 11.2. The van der Waals surface area contributed by atoms with Gasteiger partial charge in [-0.15, -0.1) is 0 Å². The summed E-state index contributed by atoms with van der Waals surface area (Å²) in [7, 11) is 0. The lowest BCUT2D eigenvalue weighted by Gasteiger charge is -2.18. The molecule has 0 bridgehead atoms. The van der Waals surface area contributed by atoms with Crippen LogP contribution in [0, 0.1) is 5.41 Å². The topological polar surface area (TPSA) is 67.2 Å². The molecule has 0 aliphatic carbocycles. The minimum absolute atomic E-state index is 0.284. The van der Waals surface area contributed by atoms with Crippen LogP contribution in [0.4, 0.5) is 4.79 Å². The summed E-state index contributed by atoms with van der Waals surface area (Å²) in [5.74, 6) is 0. The number of primary amides is 1. The fraction of sp³-hybridized carbons (Fsp3) is 0.875. The minimum atomic E-state index is -0.465. The van der Waals surface area contributed by atoms with Gasteiger partial charge in [0.2, 0.25) is 0 Å². The number of hydrogen-bond acceptors (Lipinski definition) is 2. The zero-order valence-corrected chi connectivity index (χ0v) is 8.11. The number of hydrogen-bond donors (Lipinski definition) is 3. The SMILES string of the molecule is CC(C)(C)CNCCNC(N)=O. The van der Waals surface area contributed by atoms with E-state index in [2.05, 4.69) is 31.4 Å². The van der Waals surface area contributed by atoms with Crippen LogP contribution in [0.1, 0.15) is 20.8 Å². The van der Waals surface area contributed by atoms with Gasteiger partial charge >= 0.3 is 6.03 Å². The van der Waals surface area contributed by atoms with Gasteiger partial charge in [-0.05, 0) is 5.41 Å². The van der Waals surface area contributed by atoms with E-state index < -0.39 is 6.03 Å². The fourth-order valence-electron chi connectivity index (χ4n) is 0.737. The van der Waals surface area contributed by atoms with Crippen LogP contribution in [0.3, 0.4) is 0 Å². The van der Waals surface area contributed by atoms with Crippen LogP contribution in [-0.4, -0.2) is 25.7 Å². The van der Waals surface area contributed by atoms with Crippen molar-refractivity contribution in [1.29, 1.82) is 0 Å². The second-order valence-corrected chi connectivity index (χ2v) is 4.03. The number of nitrogens with one attached hydrogen (secondary N) is 2. The number of rotatable bonds is 4. The summed E-state index contributed by atoms with van der Waals surface area (Å²) in [6.07, 6.45) is 0. The third-order valence-electron chi connectivity index (χ3n) is 1.26. The van der Waals surface area contributed by atoms with Crippen molar-refractivity contribution in [1.82, 2.24) is 10.6 Å². The third-order valence-corrected chi connectivity index (χ3v) is 1.26. The third kappa shape index (κ3) is 9.23. The Labute approximate surface area is 73.9 Å². The molecule has 0 saturated heterocycles. The highest BCUT2D eigenvalue weighted by molar-refractivity contribution is 5.71. The highest BCUT2D eigenvalue weighted by Gasteiger charge is 2.07. The lowest BCUT2D eigenvalue weighted by atomic mass is 9.97. The molecule has 72 valence electrons. The molecule has 4 heteroatoms. The molecule has 0 unspecified atom stereocenters. The molecular weight excluding hydrogens is 154 g/mol. The molecule has 0 rings (SSSR count). The van der Waals surface area contributed by atoms with Gasteiger partial charge in [-0.3, -0.25) is 0 Å². The Morgan fingerprint density at radius 1 is 1.33 bits per heavy atom. The van der Waals surface area contributed by atoms with Gasteiger partial charge in [-0.1, -0.05) is 20.8 Å². The van der Waals surface area contributed by atoms with Gasteiger partial charge in [0.1, 0.15) is 0 Å². The summed E-state index contributed by atoms with van der Waals surface area (Å²) in [6, 6.07) is -0.465. The van der Waals surface area contributed by atoms with Gasteiger partial charge in [0, 0.05) is 19.6 Å². The van der Waals surface area contributed by atoms with E-state index in [9.17, 15) is 4.79 Å². The van der Waals surface area contributed by atoms with Crippen molar-refractivity contribution in [2.45, 2.75) is 20.8 Å². The van der Waals surface area contributed by atoms with Gasteiger partial charge in [-0.25, -0.2) is 4.79 Å². The highest BCUT2D eigenvalue weighted by atomic mass is 16.2. The molecule has 0 aromatic carbocycles. The largest absolute Gasteiger partial charge is 0.352 e. The zero-order chi connectivity index (χ0) is 9.61. The van der Waals surface area contributed by atoms with E-state index in [1.54, 1.807) is 0 Å². The molecule has 0 spiro atoms. The van der Waals surface area contributed by atoms with Gasteiger partial charge in [0.15, 0.2) is 0 Å². The molecule has 0 radical (unpaired) electrons. The highest BCUT2D eigenvalue weighted by Crippen LogP contribution is 2.09. The van der Waals surface area contributed by atoms with E-state index in [1.165, 1.54) is 0 Å². The van der Waals surface area contributed by atoms with Gasteiger partial charge in [0.05, 0.1) is 0 Å². The smallest absolute Gasteiger partial charge is 0.312 e. The maximum absolute atomic E-state index is 10.2. The first-order chi connectivity index (χ1) is 5.42. The van der Waals surface area contributed by atoms with Crippen molar-refractivity contribution < 1.29 is 4.79 Å². The quantitative estimate of drug-likeness (QED) is 0.535. The Bertz CT molecular complexity index is 140. The number of urea groups is 1. The summed E-state index contributed by atoms with van der Waals surface area (Å²) in [5.41, 5.74) is 5.17. The maximum Gasteiger partial charge on any atom is 0.312 e. The standard InChI is InChI=1S/C8H19N3O/c1-8(2,3)6-10-4-5-11-7(9)12/h10H,4-6H2,1-3H3,(H3,9,11,12). The second-order valence-electron chi connectivity index (χ2n) is 4.03. The molecule has 0 aromatic heterocycles. The summed E-state index contributed by atoms with van der Waals surface area (Å²) >= 11 is 0. The van der Waals surface area contributed by atoms with Crippen molar-refractivity contribution in [3.63, 3.8) is 0 Å². The molecule has 0 saturated carbocycles. The van der Waals surface area contributed by atoms with Gasteiger partial charge in [0.25, 0.3) is 0 Å². The number of carbonyl (C=O) groups excluding carboxylic acids is 1. The van der Waals surface area contributed by atoms with Crippen LogP contribution < -0.4 is 16.4 Å². The molecule has 0 fully saturated rings. The van der Waals surface area contributed by atoms with Crippen LogP contribution in [-0.2, 0) is 0 Å². The predicted molar refractivity (Wildman–Crippen MR) is 49.9 cm³/mol. The van der Waals surface area contributed by atoms with Crippen LogP contribution in [0.25, 0.3) is 0 Å². The lowest BCUT2D eigenvalue weighted by Crippen LogP contribution is -2.37. The van der Waals surface area contributed by atoms with Crippen LogP contribution >= 0.6 is 0 Å². The van der Waals surface area contributed by atoms with Gasteiger partial charge in [-0.2, -0.15) is 0 Å². The van der Waals surface area contributed by atoms with E-state index in [0.717, 1.165) is 13.1 Å². The van der Waals surface area contributed by atoms with Crippen molar-refractivity contribution in [2.24, 2.45) is 11.1 Å². The lowest BCUT2D eigenvalue weighted by molar-refractivity contribution is 0.248. The molecule has 0 aliphatic rings. The van der Waals surface area contributed by atoms with Crippen molar-refractivity contribution in [3.8, 4) is 0 Å². The molecule has 4 N–H and O–H groups in total. The minimum Gasteiger partial charge on any atom is -0.352 e. The van der Waals surface area contributed by atoms with Crippen molar-refractivity contribution in [3.05, 3.63) is 0 Å². The van der Waals surface area contributed by atoms with Crippen molar-refractivity contribution >= 4 is 6.03 Å². The Balaban J connectivity index is 3.17. The molecule has 12 heavy (non-hydrogen) atoms. The molecular formula is C8H19N3O. The van der Waals surface area contributed by atoms with E-state index in [4.69, 9.17) is 5.73 Å². The zero-order valence-electron chi connectivity index (χ0n) is 8.11. The Hall–Kier alpha value is -0.770. The first-order valence-corrected chi connectivity index (χ1v) is 4.16. The first-order valence-electron chi connectivity index (χ1n) is 4.16. The summed E-state index contributed by atoms with van der Waals surface area (Å²) in [6.45, 7) is 8.75. The number of amides is 2. The molecule has 0 atom stereocenters. The van der Waals surface area contributed by atoms with Crippen molar-refractivity contribution in [2.75, 3.05) is 19.6 Å². The first kappa shape index (κ1) is 11.2. The molecule has 0 heterocycles.